The average molecular weight is 535 g/mol. The molecule has 0 spiro atoms. The Morgan fingerprint density at radius 1 is 1.06 bits per heavy atom. The number of aryl methyl sites for hydroxylation is 1. The minimum atomic E-state index is -0.486. The molecule has 2 aliphatic rings. The summed E-state index contributed by atoms with van der Waals surface area (Å²) < 4.78 is 29.6. The molecule has 0 aromatic heterocycles. The van der Waals surface area contributed by atoms with Crippen LogP contribution < -0.4 is 29.4 Å². The third-order valence-electron chi connectivity index (χ3n) is 5.88. The van der Waals surface area contributed by atoms with Gasteiger partial charge in [0, 0.05) is 11.6 Å². The van der Waals surface area contributed by atoms with Gasteiger partial charge in [0.05, 0.1) is 17.0 Å². The lowest BCUT2D eigenvalue weighted by Crippen LogP contribution is -2.21. The molecule has 1 atom stereocenters. The van der Waals surface area contributed by atoms with E-state index >= 15 is 0 Å². The first-order chi connectivity index (χ1) is 17.0. The van der Waals surface area contributed by atoms with Gasteiger partial charge in [-0.15, -0.1) is 0 Å². The van der Waals surface area contributed by atoms with Gasteiger partial charge in [-0.1, -0.05) is 29.8 Å². The molecule has 3 aromatic carbocycles. The van der Waals surface area contributed by atoms with Crippen LogP contribution >= 0.6 is 15.9 Å². The van der Waals surface area contributed by atoms with E-state index in [-0.39, 0.29) is 12.7 Å². The highest BCUT2D eigenvalue weighted by molar-refractivity contribution is 9.10. The Bertz CT molecular complexity index is 1360. The molecule has 0 saturated heterocycles. The van der Waals surface area contributed by atoms with Crippen LogP contribution in [0.3, 0.4) is 0 Å². The van der Waals surface area contributed by atoms with Crippen LogP contribution in [-0.2, 0) is 6.61 Å². The van der Waals surface area contributed by atoms with Crippen LogP contribution in [0.25, 0.3) is 0 Å². The van der Waals surface area contributed by atoms with Gasteiger partial charge in [-0.2, -0.15) is 5.26 Å². The first-order valence-corrected chi connectivity index (χ1v) is 11.9. The number of benzene rings is 3. The first-order valence-electron chi connectivity index (χ1n) is 11.1. The molecule has 8 heteroatoms. The van der Waals surface area contributed by atoms with Crippen molar-refractivity contribution in [3.8, 4) is 34.8 Å². The predicted molar refractivity (Wildman–Crippen MR) is 133 cm³/mol. The molecule has 7 nitrogen and oxygen atoms in total. The monoisotopic (exact) mass is 534 g/mol. The number of nitrogens with zero attached hydrogens (tertiary/aromatic N) is 1. The maximum atomic E-state index is 9.95. The molecule has 2 heterocycles. The van der Waals surface area contributed by atoms with Crippen molar-refractivity contribution in [1.29, 1.82) is 5.26 Å². The Kier molecular flexibility index (Phi) is 6.18. The van der Waals surface area contributed by atoms with E-state index in [1.165, 1.54) is 5.56 Å². The van der Waals surface area contributed by atoms with Gasteiger partial charge in [0.15, 0.2) is 23.0 Å². The molecule has 0 unspecified atom stereocenters. The highest BCUT2D eigenvalue weighted by Crippen LogP contribution is 2.50. The van der Waals surface area contributed by atoms with E-state index in [1.54, 1.807) is 6.07 Å². The molecular formula is C27H23BrN2O5. The average Bonchev–Trinajstić information content (AvgIpc) is 3.30. The molecule has 5 rings (SSSR count). The van der Waals surface area contributed by atoms with Crippen LogP contribution in [0.4, 0.5) is 0 Å². The quantitative estimate of drug-likeness (QED) is 0.434. The summed E-state index contributed by atoms with van der Waals surface area (Å²) >= 11 is 3.66. The standard InChI is InChI=1S/C27H23BrN2O5/c1-3-31-24-9-17(8-20(28)26(24)32-13-16-6-4-15(2)5-7-16)25-18-10-22-23(34-14-33-22)11-21(18)35-27(30)19(25)12-29/h4-11,25H,3,13-14,30H2,1-2H3/t25-/m1/s1. The third-order valence-corrected chi connectivity index (χ3v) is 6.47. The number of halogens is 1. The van der Waals surface area contributed by atoms with Crippen molar-refractivity contribution in [2.45, 2.75) is 26.4 Å². The third kappa shape index (κ3) is 4.35. The lowest BCUT2D eigenvalue weighted by atomic mass is 9.83. The van der Waals surface area contributed by atoms with Crippen molar-refractivity contribution < 1.29 is 23.7 Å². The second kappa shape index (κ2) is 9.43. The molecule has 2 N–H and O–H groups in total. The maximum Gasteiger partial charge on any atom is 0.231 e. The predicted octanol–water partition coefficient (Wildman–Crippen LogP) is 5.68. The number of nitrogens with two attached hydrogens (primary N) is 1. The summed E-state index contributed by atoms with van der Waals surface area (Å²) in [4.78, 5) is 0. The van der Waals surface area contributed by atoms with E-state index in [4.69, 9.17) is 29.4 Å². The second-order valence-corrected chi connectivity index (χ2v) is 9.06. The number of rotatable bonds is 6. The number of ether oxygens (including phenoxy) is 5. The van der Waals surface area contributed by atoms with Gasteiger partial charge in [0.2, 0.25) is 12.7 Å². The topological polar surface area (TPSA) is 96.0 Å². The van der Waals surface area contributed by atoms with Gasteiger partial charge in [-0.3, -0.25) is 0 Å². The molecule has 35 heavy (non-hydrogen) atoms. The summed E-state index contributed by atoms with van der Waals surface area (Å²) in [6, 6.07) is 17.8. The summed E-state index contributed by atoms with van der Waals surface area (Å²) in [5.74, 6) is 2.41. The molecular weight excluding hydrogens is 512 g/mol. The zero-order valence-electron chi connectivity index (χ0n) is 19.3. The fourth-order valence-corrected chi connectivity index (χ4v) is 4.76. The molecule has 0 radical (unpaired) electrons. The van der Waals surface area contributed by atoms with Crippen molar-refractivity contribution in [3.63, 3.8) is 0 Å². The molecule has 3 aromatic rings. The highest BCUT2D eigenvalue weighted by atomic mass is 79.9. The van der Waals surface area contributed by atoms with Crippen LogP contribution in [-0.4, -0.2) is 13.4 Å². The lowest BCUT2D eigenvalue weighted by Gasteiger charge is -2.27. The van der Waals surface area contributed by atoms with E-state index in [0.717, 1.165) is 16.7 Å². The van der Waals surface area contributed by atoms with Crippen LogP contribution in [0, 0.1) is 18.3 Å². The van der Waals surface area contributed by atoms with Gasteiger partial charge < -0.3 is 29.4 Å². The Hall–Kier alpha value is -3.83. The summed E-state index contributed by atoms with van der Waals surface area (Å²) in [5.41, 5.74) is 10.3. The summed E-state index contributed by atoms with van der Waals surface area (Å²) in [5, 5.41) is 9.95. The lowest BCUT2D eigenvalue weighted by molar-refractivity contribution is 0.174. The van der Waals surface area contributed by atoms with Crippen LogP contribution in [0.1, 0.15) is 35.1 Å². The Morgan fingerprint density at radius 3 is 2.51 bits per heavy atom. The maximum absolute atomic E-state index is 9.95. The molecule has 0 aliphatic carbocycles. The van der Waals surface area contributed by atoms with Crippen molar-refractivity contribution >= 4 is 15.9 Å². The first kappa shape index (κ1) is 22.9. The van der Waals surface area contributed by atoms with E-state index in [1.807, 2.05) is 44.2 Å². The molecule has 0 fully saturated rings. The Morgan fingerprint density at radius 2 is 1.80 bits per heavy atom. The van der Waals surface area contributed by atoms with E-state index in [2.05, 4.69) is 34.1 Å². The zero-order chi connectivity index (χ0) is 24.5. The molecule has 2 aliphatic heterocycles. The molecule has 0 bridgehead atoms. The van der Waals surface area contributed by atoms with E-state index < -0.39 is 5.92 Å². The SMILES string of the molecule is CCOc1cc([C@H]2C(C#N)=C(N)Oc3cc4c(cc32)OCO4)cc(Br)c1OCc1ccc(C)cc1. The van der Waals surface area contributed by atoms with Crippen molar-refractivity contribution in [2.75, 3.05) is 13.4 Å². The van der Waals surface area contributed by atoms with Crippen molar-refractivity contribution in [3.05, 3.63) is 86.7 Å². The summed E-state index contributed by atoms with van der Waals surface area (Å²) in [6.07, 6.45) is 0. The van der Waals surface area contributed by atoms with Crippen LogP contribution in [0.15, 0.2) is 64.5 Å². The number of allylic oxidation sites excluding steroid dienone is 1. The molecule has 0 amide bonds. The highest BCUT2D eigenvalue weighted by Gasteiger charge is 2.34. The van der Waals surface area contributed by atoms with Crippen LogP contribution in [0.5, 0.6) is 28.7 Å². The van der Waals surface area contributed by atoms with Gasteiger partial charge in [0.25, 0.3) is 0 Å². The number of hydrogen-bond acceptors (Lipinski definition) is 7. The fraction of sp³-hybridized carbons (Fsp3) is 0.222. The molecule has 0 saturated carbocycles. The van der Waals surface area contributed by atoms with Gasteiger partial charge in [-0.25, -0.2) is 0 Å². The van der Waals surface area contributed by atoms with Gasteiger partial charge in [0.1, 0.15) is 24.0 Å². The Balaban J connectivity index is 1.56. The van der Waals surface area contributed by atoms with Crippen molar-refractivity contribution in [2.24, 2.45) is 5.73 Å². The van der Waals surface area contributed by atoms with Crippen LogP contribution in [0.2, 0.25) is 0 Å². The summed E-state index contributed by atoms with van der Waals surface area (Å²) in [6.45, 7) is 4.92. The minimum Gasteiger partial charge on any atom is -0.490 e. The van der Waals surface area contributed by atoms with E-state index in [9.17, 15) is 5.26 Å². The van der Waals surface area contributed by atoms with Crippen molar-refractivity contribution in [1.82, 2.24) is 0 Å². The summed E-state index contributed by atoms with van der Waals surface area (Å²) in [7, 11) is 0. The second-order valence-electron chi connectivity index (χ2n) is 8.21. The largest absolute Gasteiger partial charge is 0.490 e. The Labute approximate surface area is 211 Å². The minimum absolute atomic E-state index is 0.0534. The van der Waals surface area contributed by atoms with Gasteiger partial charge in [-0.05, 0) is 59.1 Å². The normalized spacial score (nSPS) is 15.8. The fourth-order valence-electron chi connectivity index (χ4n) is 4.19. The number of hydrogen-bond donors (Lipinski definition) is 1. The van der Waals surface area contributed by atoms with Gasteiger partial charge >= 0.3 is 0 Å². The zero-order valence-corrected chi connectivity index (χ0v) is 20.8. The molecule has 178 valence electrons. The van der Waals surface area contributed by atoms with E-state index in [0.29, 0.717) is 52.0 Å². The smallest absolute Gasteiger partial charge is 0.231 e. The number of nitriles is 1. The number of fused-ring (bicyclic) bond motifs is 2.